The number of nitrogens with zero attached hydrogens (tertiary/aromatic N) is 3. The molecule has 17 heavy (non-hydrogen) atoms. The average molecular weight is 240 g/mol. The molecule has 0 aromatic carbocycles. The summed E-state index contributed by atoms with van der Waals surface area (Å²) in [4.78, 5) is 10.6. The first-order valence-corrected chi connectivity index (χ1v) is 5.65. The van der Waals surface area contributed by atoms with Crippen molar-refractivity contribution in [3.63, 3.8) is 0 Å². The van der Waals surface area contributed by atoms with E-state index in [0.29, 0.717) is 5.69 Å². The largest absolute Gasteiger partial charge is 0.480 e. The number of carboxylic acids is 1. The van der Waals surface area contributed by atoms with Crippen LogP contribution in [0.3, 0.4) is 0 Å². The van der Waals surface area contributed by atoms with Crippen molar-refractivity contribution in [2.24, 2.45) is 11.1 Å². The first-order valence-electron chi connectivity index (χ1n) is 5.65. The van der Waals surface area contributed by atoms with Crippen LogP contribution >= 0.6 is 0 Å². The Labute approximate surface area is 101 Å². The van der Waals surface area contributed by atoms with E-state index < -0.39 is 12.0 Å². The standard InChI is InChI=1S/C11H20N4O2/c1-11(2,3)4-5-15-7-8(13-14-15)6-9(12)10(16)17/h7,9H,4-6,12H2,1-3H3,(H,16,17). The van der Waals surface area contributed by atoms with Gasteiger partial charge in [-0.1, -0.05) is 26.0 Å². The van der Waals surface area contributed by atoms with Crippen LogP contribution in [0.15, 0.2) is 6.20 Å². The summed E-state index contributed by atoms with van der Waals surface area (Å²) in [6.07, 6.45) is 2.96. The van der Waals surface area contributed by atoms with Gasteiger partial charge in [-0.25, -0.2) is 0 Å². The first-order chi connectivity index (χ1) is 7.78. The molecule has 1 rings (SSSR count). The molecule has 0 radical (unpaired) electrons. The molecule has 3 N–H and O–H groups in total. The van der Waals surface area contributed by atoms with Crippen molar-refractivity contribution >= 4 is 5.97 Å². The molecule has 0 spiro atoms. The first kappa shape index (κ1) is 13.6. The highest BCUT2D eigenvalue weighted by Gasteiger charge is 2.15. The second-order valence-electron chi connectivity index (χ2n) is 5.43. The molecule has 0 saturated carbocycles. The summed E-state index contributed by atoms with van der Waals surface area (Å²) in [7, 11) is 0. The van der Waals surface area contributed by atoms with Crippen molar-refractivity contribution in [1.29, 1.82) is 0 Å². The summed E-state index contributed by atoms with van der Waals surface area (Å²) in [6.45, 7) is 7.25. The predicted octanol–water partition coefficient (Wildman–Crippen LogP) is 0.669. The van der Waals surface area contributed by atoms with Crippen LogP contribution in [0.4, 0.5) is 0 Å². The van der Waals surface area contributed by atoms with Gasteiger partial charge in [-0.2, -0.15) is 0 Å². The van der Waals surface area contributed by atoms with Gasteiger partial charge in [-0.3, -0.25) is 9.48 Å². The molecule has 1 atom stereocenters. The number of aromatic nitrogens is 3. The van der Waals surface area contributed by atoms with Crippen molar-refractivity contribution in [1.82, 2.24) is 15.0 Å². The number of carboxylic acid groups (broad SMARTS) is 1. The molecule has 0 saturated heterocycles. The molecule has 1 heterocycles. The number of rotatable bonds is 5. The summed E-state index contributed by atoms with van der Waals surface area (Å²) in [5.74, 6) is -1.02. The fourth-order valence-electron chi connectivity index (χ4n) is 1.30. The molecular formula is C11H20N4O2. The van der Waals surface area contributed by atoms with Gasteiger partial charge in [0.25, 0.3) is 0 Å². The SMILES string of the molecule is CC(C)(C)CCn1cc(CC(N)C(=O)O)nn1. The molecule has 0 aliphatic carbocycles. The number of carbonyl (C=O) groups is 1. The molecule has 1 unspecified atom stereocenters. The second-order valence-corrected chi connectivity index (χ2v) is 5.43. The Morgan fingerprint density at radius 1 is 1.59 bits per heavy atom. The molecule has 96 valence electrons. The molecule has 0 fully saturated rings. The third-order valence-corrected chi connectivity index (χ3v) is 2.42. The van der Waals surface area contributed by atoms with E-state index >= 15 is 0 Å². The van der Waals surface area contributed by atoms with E-state index in [4.69, 9.17) is 10.8 Å². The minimum absolute atomic E-state index is 0.213. The van der Waals surface area contributed by atoms with Crippen LogP contribution < -0.4 is 5.73 Å². The Bertz CT molecular complexity index is 381. The predicted molar refractivity (Wildman–Crippen MR) is 63.4 cm³/mol. The highest BCUT2D eigenvalue weighted by atomic mass is 16.4. The van der Waals surface area contributed by atoms with Crippen LogP contribution in [-0.2, 0) is 17.8 Å². The highest BCUT2D eigenvalue weighted by molar-refractivity contribution is 5.73. The van der Waals surface area contributed by atoms with Crippen molar-refractivity contribution in [2.75, 3.05) is 0 Å². The Morgan fingerprint density at radius 2 is 2.24 bits per heavy atom. The van der Waals surface area contributed by atoms with E-state index in [1.807, 2.05) is 0 Å². The van der Waals surface area contributed by atoms with Crippen molar-refractivity contribution < 1.29 is 9.90 Å². The van der Waals surface area contributed by atoms with Crippen LogP contribution in [0.1, 0.15) is 32.9 Å². The minimum Gasteiger partial charge on any atom is -0.480 e. The zero-order valence-corrected chi connectivity index (χ0v) is 10.6. The summed E-state index contributed by atoms with van der Waals surface area (Å²) >= 11 is 0. The van der Waals surface area contributed by atoms with E-state index in [0.717, 1.165) is 13.0 Å². The minimum atomic E-state index is -1.02. The lowest BCUT2D eigenvalue weighted by Gasteiger charge is -2.17. The summed E-state index contributed by atoms with van der Waals surface area (Å²) in [5, 5.41) is 16.5. The monoisotopic (exact) mass is 240 g/mol. The molecule has 1 aromatic rings. The smallest absolute Gasteiger partial charge is 0.320 e. The van der Waals surface area contributed by atoms with E-state index in [9.17, 15) is 4.79 Å². The Hall–Kier alpha value is -1.43. The summed E-state index contributed by atoms with van der Waals surface area (Å²) < 4.78 is 1.73. The number of hydrogen-bond donors (Lipinski definition) is 2. The molecular weight excluding hydrogens is 220 g/mol. The number of aryl methyl sites for hydroxylation is 1. The summed E-state index contributed by atoms with van der Waals surface area (Å²) in [6, 6.07) is -0.914. The van der Waals surface area contributed by atoms with Gasteiger partial charge >= 0.3 is 5.97 Å². The maximum atomic E-state index is 10.6. The third-order valence-electron chi connectivity index (χ3n) is 2.42. The normalized spacial score (nSPS) is 13.6. The van der Waals surface area contributed by atoms with Gasteiger partial charge in [0.15, 0.2) is 0 Å². The number of hydrogen-bond acceptors (Lipinski definition) is 4. The molecule has 0 bridgehead atoms. The Morgan fingerprint density at radius 3 is 2.76 bits per heavy atom. The molecule has 6 nitrogen and oxygen atoms in total. The van der Waals surface area contributed by atoms with Gasteiger partial charge in [0.1, 0.15) is 6.04 Å². The Kier molecular flexibility index (Phi) is 4.22. The molecule has 6 heteroatoms. The number of nitrogens with two attached hydrogens (primary N) is 1. The summed E-state index contributed by atoms with van der Waals surface area (Å²) in [5.41, 5.74) is 6.28. The zero-order chi connectivity index (χ0) is 13.1. The van der Waals surface area contributed by atoms with Crippen molar-refractivity contribution in [3.05, 3.63) is 11.9 Å². The van der Waals surface area contributed by atoms with Crippen LogP contribution in [-0.4, -0.2) is 32.1 Å². The lowest BCUT2D eigenvalue weighted by atomic mass is 9.92. The highest BCUT2D eigenvalue weighted by Crippen LogP contribution is 2.18. The zero-order valence-electron chi connectivity index (χ0n) is 10.6. The van der Waals surface area contributed by atoms with E-state index in [-0.39, 0.29) is 11.8 Å². The number of aliphatic carboxylic acids is 1. The van der Waals surface area contributed by atoms with Crippen LogP contribution in [0.2, 0.25) is 0 Å². The molecule has 0 amide bonds. The van der Waals surface area contributed by atoms with E-state index in [1.54, 1.807) is 10.9 Å². The lowest BCUT2D eigenvalue weighted by Crippen LogP contribution is -2.32. The third kappa shape index (κ3) is 4.95. The van der Waals surface area contributed by atoms with Crippen molar-refractivity contribution in [2.45, 2.75) is 46.2 Å². The average Bonchev–Trinajstić information content (AvgIpc) is 2.61. The topological polar surface area (TPSA) is 94.0 Å². The van der Waals surface area contributed by atoms with Crippen LogP contribution in [0.5, 0.6) is 0 Å². The second kappa shape index (κ2) is 5.27. The molecule has 0 aliphatic heterocycles. The molecule has 1 aromatic heterocycles. The van der Waals surface area contributed by atoms with Gasteiger partial charge in [0.05, 0.1) is 5.69 Å². The quantitative estimate of drug-likeness (QED) is 0.788. The Balaban J connectivity index is 2.51. The van der Waals surface area contributed by atoms with Gasteiger partial charge < -0.3 is 10.8 Å². The van der Waals surface area contributed by atoms with E-state index in [2.05, 4.69) is 31.1 Å². The van der Waals surface area contributed by atoms with Crippen LogP contribution in [0, 0.1) is 5.41 Å². The lowest BCUT2D eigenvalue weighted by molar-refractivity contribution is -0.138. The van der Waals surface area contributed by atoms with Crippen molar-refractivity contribution in [3.8, 4) is 0 Å². The van der Waals surface area contributed by atoms with Gasteiger partial charge in [0, 0.05) is 19.2 Å². The van der Waals surface area contributed by atoms with Crippen LogP contribution in [0.25, 0.3) is 0 Å². The van der Waals surface area contributed by atoms with Gasteiger partial charge in [-0.15, -0.1) is 5.10 Å². The fourth-order valence-corrected chi connectivity index (χ4v) is 1.30. The van der Waals surface area contributed by atoms with Gasteiger partial charge in [-0.05, 0) is 11.8 Å². The maximum Gasteiger partial charge on any atom is 0.320 e. The van der Waals surface area contributed by atoms with Gasteiger partial charge in [0.2, 0.25) is 0 Å². The fraction of sp³-hybridized carbons (Fsp3) is 0.727. The molecule has 0 aliphatic rings. The van der Waals surface area contributed by atoms with E-state index in [1.165, 1.54) is 0 Å². The maximum absolute atomic E-state index is 10.6.